The highest BCUT2D eigenvalue weighted by atomic mass is 79.9. The fourth-order valence-electron chi connectivity index (χ4n) is 0.909. The van der Waals surface area contributed by atoms with Gasteiger partial charge in [0.25, 0.3) is 0 Å². The van der Waals surface area contributed by atoms with E-state index in [-0.39, 0.29) is 17.6 Å². The average Bonchev–Trinajstić information content (AvgIpc) is 2.02. The maximum atomic E-state index is 10.8. The lowest BCUT2D eigenvalue weighted by atomic mass is 10.0. The second-order valence-corrected chi connectivity index (χ2v) is 6.88. The van der Waals surface area contributed by atoms with Gasteiger partial charge in [-0.2, -0.15) is 0 Å². The van der Waals surface area contributed by atoms with Crippen molar-refractivity contribution in [3.8, 4) is 0 Å². The lowest BCUT2D eigenvalue weighted by Gasteiger charge is -2.28. The molecule has 0 fully saturated rings. The Hall–Kier alpha value is 1.02. The molecule has 3 atom stereocenters. The minimum atomic E-state index is -0.387. The zero-order valence-electron chi connectivity index (χ0n) is 6.27. The van der Waals surface area contributed by atoms with Gasteiger partial charge in [-0.05, 0) is 19.1 Å². The molecule has 0 aromatic rings. The van der Waals surface area contributed by atoms with Gasteiger partial charge in [0.15, 0.2) is 5.31 Å². The fourth-order valence-corrected chi connectivity index (χ4v) is 3.39. The van der Waals surface area contributed by atoms with Gasteiger partial charge in [-0.25, -0.2) is 0 Å². The number of alkyl halides is 2. The van der Waals surface area contributed by atoms with E-state index in [4.69, 9.17) is 0 Å². The van der Waals surface area contributed by atoms with E-state index in [1.54, 1.807) is 0 Å². The third-order valence-electron chi connectivity index (χ3n) is 1.74. The van der Waals surface area contributed by atoms with Crippen LogP contribution < -0.4 is 0 Å². The molecule has 12 heavy (non-hydrogen) atoms. The van der Waals surface area contributed by atoms with Crippen molar-refractivity contribution in [1.82, 2.24) is 0 Å². The molecule has 0 spiro atoms. The number of hydrogen-bond donors (Lipinski definition) is 0. The van der Waals surface area contributed by atoms with Gasteiger partial charge in [0, 0.05) is 4.48 Å². The van der Waals surface area contributed by atoms with Crippen LogP contribution in [0.3, 0.4) is 0 Å². The van der Waals surface area contributed by atoms with Crippen molar-refractivity contribution in [1.29, 1.82) is 0 Å². The first-order valence-corrected chi connectivity index (χ1v) is 6.70. The summed E-state index contributed by atoms with van der Waals surface area (Å²) < 4.78 is 11.6. The van der Waals surface area contributed by atoms with Gasteiger partial charge in [0.2, 0.25) is 0 Å². The zero-order valence-corrected chi connectivity index (χ0v) is 12.0. The van der Waals surface area contributed by atoms with Crippen LogP contribution in [0.4, 0.5) is 0 Å². The van der Waals surface area contributed by atoms with Crippen molar-refractivity contribution in [3.63, 3.8) is 0 Å². The molecule has 0 saturated heterocycles. The van der Waals surface area contributed by atoms with Crippen molar-refractivity contribution < 1.29 is 4.57 Å². The highest BCUT2D eigenvalue weighted by Gasteiger charge is 2.40. The van der Waals surface area contributed by atoms with E-state index in [1.165, 1.54) is 0 Å². The summed E-state index contributed by atoms with van der Waals surface area (Å²) in [6.45, 7) is 2.03. The molecule has 0 amide bonds. The third kappa shape index (κ3) is 1.92. The van der Waals surface area contributed by atoms with E-state index < -0.39 is 0 Å². The monoisotopic (exact) mass is 375 g/mol. The van der Waals surface area contributed by atoms with E-state index in [0.717, 1.165) is 9.80 Å². The van der Waals surface area contributed by atoms with Gasteiger partial charge in [0.05, 0.1) is 4.32 Å². The first kappa shape index (κ1) is 11.1. The Bertz CT molecular complexity index is 270. The first-order chi connectivity index (χ1) is 5.50. The van der Waals surface area contributed by atoms with Crippen molar-refractivity contribution >= 4 is 56.2 Å². The fraction of sp³-hybridized carbons (Fsp3) is 0.429. The summed E-state index contributed by atoms with van der Waals surface area (Å²) in [7, 11) is -0.387. The highest BCUT2D eigenvalue weighted by molar-refractivity contribution is 9.15. The van der Waals surface area contributed by atoms with E-state index in [1.807, 2.05) is 19.1 Å². The molecule has 0 radical (unpaired) electrons. The maximum absolute atomic E-state index is 10.8. The summed E-state index contributed by atoms with van der Waals surface area (Å²) in [5.41, 5.74) is 0. The second kappa shape index (κ2) is 4.04. The van der Waals surface area contributed by atoms with E-state index in [2.05, 4.69) is 47.8 Å². The van der Waals surface area contributed by atoms with Gasteiger partial charge in [-0.3, -0.25) is 0 Å². The average molecular weight is 378 g/mol. The Labute approximate surface area is 98.3 Å². The van der Waals surface area contributed by atoms with Gasteiger partial charge >= 0.3 is 8.46 Å². The molecule has 1 nitrogen and oxygen atoms in total. The quantitative estimate of drug-likeness (QED) is 0.496. The molecule has 0 aliphatic heterocycles. The Morgan fingerprint density at radius 1 is 1.58 bits per heavy atom. The molecule has 1 aliphatic carbocycles. The summed E-state index contributed by atoms with van der Waals surface area (Å²) in [5.74, 6) is 0. The molecule has 0 bridgehead atoms. The molecule has 3 unspecified atom stereocenters. The third-order valence-corrected chi connectivity index (χ3v) is 7.39. The lowest BCUT2D eigenvalue weighted by molar-refractivity contribution is 0.600. The second-order valence-electron chi connectivity index (χ2n) is 2.68. The number of rotatable bonds is 1. The van der Waals surface area contributed by atoms with Crippen LogP contribution >= 0.6 is 56.2 Å². The molecule has 0 N–H and O–H groups in total. The van der Waals surface area contributed by atoms with Gasteiger partial charge in [0.1, 0.15) is 4.83 Å². The Morgan fingerprint density at radius 2 is 2.17 bits per heavy atom. The Morgan fingerprint density at radius 3 is 2.67 bits per heavy atom. The van der Waals surface area contributed by atoms with E-state index in [9.17, 15) is 4.57 Å². The van der Waals surface area contributed by atoms with Crippen LogP contribution in [0.2, 0.25) is 0 Å². The largest absolute Gasteiger partial charge is 0.359 e. The highest BCUT2D eigenvalue weighted by Crippen LogP contribution is 2.46. The summed E-state index contributed by atoms with van der Waals surface area (Å²) in [6, 6.07) is 0. The Kier molecular flexibility index (Phi) is 3.73. The van der Waals surface area contributed by atoms with Crippen molar-refractivity contribution in [2.75, 3.05) is 0 Å². The molecule has 5 heteroatoms. The van der Waals surface area contributed by atoms with Gasteiger partial charge < -0.3 is 0 Å². The van der Waals surface area contributed by atoms with Crippen LogP contribution in [0.1, 0.15) is 6.92 Å². The molecule has 0 aromatic heterocycles. The number of allylic oxidation sites excluding steroid dienone is 4. The van der Waals surface area contributed by atoms with Crippen LogP contribution in [0.5, 0.6) is 0 Å². The van der Waals surface area contributed by atoms with Crippen molar-refractivity contribution in [2.24, 2.45) is 0 Å². The number of halogens is 3. The predicted octanol–water partition coefficient (Wildman–Crippen LogP) is 4.10. The topological polar surface area (TPSA) is 17.1 Å². The normalized spacial score (nSPS) is 36.2. The summed E-state index contributed by atoms with van der Waals surface area (Å²) in [4.78, 5) is 0.0835. The smallest absolute Gasteiger partial charge is 0.0781 e. The van der Waals surface area contributed by atoms with Gasteiger partial charge in [-0.1, -0.05) is 52.4 Å². The maximum Gasteiger partial charge on any atom is 0.359 e. The molecular formula is C7H7Br3OP+. The standard InChI is InChI=1S/C7H6Br3OP/c1-7(10)5(8)3-2-4(12-11)6(7)9/h2-3,6H,1H3/p+1. The van der Waals surface area contributed by atoms with Crippen LogP contribution in [-0.2, 0) is 4.57 Å². The summed E-state index contributed by atoms with van der Waals surface area (Å²) in [6.07, 6.45) is 3.80. The number of hydrogen-bond acceptors (Lipinski definition) is 1. The van der Waals surface area contributed by atoms with E-state index >= 15 is 0 Å². The molecule has 66 valence electrons. The molecule has 0 saturated carbocycles. The molecule has 1 rings (SSSR count). The van der Waals surface area contributed by atoms with Crippen LogP contribution in [0.25, 0.3) is 0 Å². The van der Waals surface area contributed by atoms with Crippen LogP contribution in [0, 0.1) is 0 Å². The zero-order chi connectivity index (χ0) is 9.35. The molecule has 0 aromatic carbocycles. The predicted molar refractivity (Wildman–Crippen MR) is 64.1 cm³/mol. The first-order valence-electron chi connectivity index (χ1n) is 3.29. The molecular weight excluding hydrogens is 371 g/mol. The van der Waals surface area contributed by atoms with Crippen molar-refractivity contribution in [3.05, 3.63) is 21.9 Å². The van der Waals surface area contributed by atoms with Crippen molar-refractivity contribution in [2.45, 2.75) is 16.1 Å². The molecule has 0 heterocycles. The van der Waals surface area contributed by atoms with Gasteiger partial charge in [-0.15, -0.1) is 0 Å². The van der Waals surface area contributed by atoms with E-state index in [0.29, 0.717) is 0 Å². The molecule has 1 aliphatic rings. The Balaban J connectivity index is 3.08. The minimum absolute atomic E-state index is 0.0835. The summed E-state index contributed by atoms with van der Waals surface area (Å²) >= 11 is 10.5. The minimum Gasteiger partial charge on any atom is -0.0781 e. The SMILES string of the molecule is CC1(Br)C(Br)=CC=C([PH+]=O)C1Br. The lowest BCUT2D eigenvalue weighted by Crippen LogP contribution is -2.30. The van der Waals surface area contributed by atoms with Crippen LogP contribution in [-0.4, -0.2) is 9.15 Å². The van der Waals surface area contributed by atoms with Crippen LogP contribution in [0.15, 0.2) is 21.9 Å². The summed E-state index contributed by atoms with van der Waals surface area (Å²) in [5, 5.41) is 0.901.